The van der Waals surface area contributed by atoms with Crippen molar-refractivity contribution in [2.45, 2.75) is 17.0 Å². The summed E-state index contributed by atoms with van der Waals surface area (Å²) in [4.78, 5) is 22.1. The zero-order chi connectivity index (χ0) is 28.7. The van der Waals surface area contributed by atoms with Gasteiger partial charge in [0.15, 0.2) is 11.0 Å². The number of thioether (sulfide) groups is 1. The Morgan fingerprint density at radius 1 is 0.905 bits per heavy atom. The van der Waals surface area contributed by atoms with Crippen LogP contribution in [0.15, 0.2) is 120 Å². The first-order valence-electron chi connectivity index (χ1n) is 13.2. The van der Waals surface area contributed by atoms with Crippen molar-refractivity contribution in [2.24, 2.45) is 0 Å². The number of nitrogens with one attached hydrogen (secondary N) is 1. The lowest BCUT2D eigenvalue weighted by Gasteiger charge is -2.19. The van der Waals surface area contributed by atoms with Gasteiger partial charge in [-0.1, -0.05) is 84.6 Å². The summed E-state index contributed by atoms with van der Waals surface area (Å²) in [5, 5.41) is 15.5. The Morgan fingerprint density at radius 3 is 2.26 bits per heavy atom. The molecule has 6 aromatic rings. The minimum atomic E-state index is -0.287. The van der Waals surface area contributed by atoms with Gasteiger partial charge in [-0.25, -0.2) is 4.98 Å². The lowest BCUT2D eigenvalue weighted by atomic mass is 9.98. The Bertz CT molecular complexity index is 1740. The quantitative estimate of drug-likeness (QED) is 0.180. The van der Waals surface area contributed by atoms with Gasteiger partial charge in [0.2, 0.25) is 0 Å². The summed E-state index contributed by atoms with van der Waals surface area (Å²) in [6, 6.07) is 31.1. The predicted molar refractivity (Wildman–Crippen MR) is 165 cm³/mol. The van der Waals surface area contributed by atoms with Crippen molar-refractivity contribution >= 4 is 29.0 Å². The van der Waals surface area contributed by atoms with Crippen molar-refractivity contribution in [3.8, 4) is 22.8 Å². The van der Waals surface area contributed by atoms with Crippen LogP contribution >= 0.6 is 23.1 Å². The summed E-state index contributed by atoms with van der Waals surface area (Å²) in [6.45, 7) is 0. The van der Waals surface area contributed by atoms with Gasteiger partial charge in [0.25, 0.3) is 5.91 Å². The van der Waals surface area contributed by atoms with Crippen molar-refractivity contribution in [1.29, 1.82) is 0 Å². The molecule has 0 saturated carbocycles. The van der Waals surface area contributed by atoms with E-state index in [2.05, 4.69) is 25.5 Å². The van der Waals surface area contributed by atoms with E-state index in [1.165, 1.54) is 23.1 Å². The first kappa shape index (κ1) is 27.4. The van der Waals surface area contributed by atoms with Gasteiger partial charge in [-0.05, 0) is 35.4 Å². The lowest BCUT2D eigenvalue weighted by Crippen LogP contribution is -2.29. The van der Waals surface area contributed by atoms with Crippen LogP contribution in [0.5, 0.6) is 5.75 Å². The van der Waals surface area contributed by atoms with Crippen molar-refractivity contribution in [1.82, 2.24) is 30.0 Å². The third-order valence-corrected chi connectivity index (χ3v) is 8.52. The first-order valence-corrected chi connectivity index (χ1v) is 15.0. The average molecular weight is 591 g/mol. The summed E-state index contributed by atoms with van der Waals surface area (Å²) in [6.07, 6.45) is 3.46. The fourth-order valence-electron chi connectivity index (χ4n) is 4.55. The second kappa shape index (κ2) is 12.8. The summed E-state index contributed by atoms with van der Waals surface area (Å²) in [7, 11) is 1.64. The highest BCUT2D eigenvalue weighted by molar-refractivity contribution is 7.98. The van der Waals surface area contributed by atoms with Crippen LogP contribution in [0.1, 0.15) is 32.7 Å². The molecule has 0 saturated heterocycles. The molecular formula is C32H26N6O2S2. The molecule has 3 heterocycles. The molecule has 1 amide bonds. The predicted octanol–water partition coefficient (Wildman–Crippen LogP) is 6.61. The van der Waals surface area contributed by atoms with E-state index in [0.29, 0.717) is 28.2 Å². The second-order valence-electron chi connectivity index (χ2n) is 9.19. The van der Waals surface area contributed by atoms with E-state index in [-0.39, 0.29) is 11.9 Å². The number of methoxy groups -OCH3 is 1. The molecule has 0 unspecified atom stereocenters. The van der Waals surface area contributed by atoms with Gasteiger partial charge in [0.05, 0.1) is 24.6 Å². The Labute approximate surface area is 251 Å². The van der Waals surface area contributed by atoms with Gasteiger partial charge < -0.3 is 10.1 Å². The zero-order valence-electron chi connectivity index (χ0n) is 22.6. The topological polar surface area (TPSA) is 94.8 Å². The van der Waals surface area contributed by atoms with Crippen LogP contribution in [0.25, 0.3) is 17.1 Å². The van der Waals surface area contributed by atoms with Gasteiger partial charge in [-0.2, -0.15) is 0 Å². The SMILES string of the molecule is COc1ccccc1-n1c(SCc2nc(C(=O)NC(c3ccccc3)c3ccccc3)cs2)nnc1-c1ccncc1. The molecular weight excluding hydrogens is 565 g/mol. The molecule has 0 spiro atoms. The van der Waals surface area contributed by atoms with Crippen LogP contribution in [0.2, 0.25) is 0 Å². The fourth-order valence-corrected chi connectivity index (χ4v) is 6.28. The normalized spacial score (nSPS) is 11.0. The summed E-state index contributed by atoms with van der Waals surface area (Å²) in [5.74, 6) is 1.67. The monoisotopic (exact) mass is 590 g/mol. The lowest BCUT2D eigenvalue weighted by molar-refractivity contribution is 0.0938. The van der Waals surface area contributed by atoms with E-state index in [9.17, 15) is 4.79 Å². The number of benzene rings is 3. The molecule has 0 aliphatic rings. The van der Waals surface area contributed by atoms with E-state index >= 15 is 0 Å². The van der Waals surface area contributed by atoms with Gasteiger partial charge in [0, 0.05) is 23.3 Å². The average Bonchev–Trinajstić information content (AvgIpc) is 3.71. The number of nitrogens with zero attached hydrogens (tertiary/aromatic N) is 5. The van der Waals surface area contributed by atoms with Crippen molar-refractivity contribution < 1.29 is 9.53 Å². The van der Waals surface area contributed by atoms with Crippen molar-refractivity contribution in [2.75, 3.05) is 7.11 Å². The maximum Gasteiger partial charge on any atom is 0.271 e. The molecule has 0 aliphatic heterocycles. The van der Waals surface area contributed by atoms with Crippen LogP contribution in [-0.4, -0.2) is 37.7 Å². The van der Waals surface area contributed by atoms with E-state index < -0.39 is 0 Å². The highest BCUT2D eigenvalue weighted by Crippen LogP contribution is 2.34. The Hall–Kier alpha value is -4.80. The van der Waals surface area contributed by atoms with Gasteiger partial charge in [-0.15, -0.1) is 21.5 Å². The molecule has 10 heteroatoms. The minimum absolute atomic E-state index is 0.225. The van der Waals surface area contributed by atoms with E-state index in [1.807, 2.05) is 102 Å². The van der Waals surface area contributed by atoms with Gasteiger partial charge >= 0.3 is 0 Å². The number of amides is 1. The Balaban J connectivity index is 1.23. The number of carbonyl (C=O) groups is 1. The second-order valence-corrected chi connectivity index (χ2v) is 11.1. The number of thiazole rings is 1. The standard InChI is InChI=1S/C32H26N6O2S2/c1-40-27-15-9-8-14-26(27)38-30(24-16-18-33-19-17-24)36-37-32(38)42-21-28-34-25(20-41-28)31(39)35-29(22-10-4-2-5-11-22)23-12-6-3-7-13-23/h2-20,29H,21H2,1H3,(H,35,39). The third-order valence-electron chi connectivity index (χ3n) is 6.55. The summed E-state index contributed by atoms with van der Waals surface area (Å²) in [5.41, 5.74) is 4.10. The summed E-state index contributed by atoms with van der Waals surface area (Å²) >= 11 is 2.94. The molecule has 3 aromatic heterocycles. The number of rotatable bonds is 10. The molecule has 42 heavy (non-hydrogen) atoms. The van der Waals surface area contributed by atoms with Crippen molar-refractivity contribution in [3.63, 3.8) is 0 Å². The molecule has 6 rings (SSSR count). The number of para-hydroxylation sites is 2. The number of hydrogen-bond acceptors (Lipinski definition) is 8. The smallest absolute Gasteiger partial charge is 0.271 e. The van der Waals surface area contributed by atoms with E-state index in [4.69, 9.17) is 4.74 Å². The minimum Gasteiger partial charge on any atom is -0.495 e. The number of hydrogen-bond donors (Lipinski definition) is 1. The Kier molecular flexibility index (Phi) is 8.34. The molecule has 0 fully saturated rings. The molecule has 1 N–H and O–H groups in total. The molecule has 8 nitrogen and oxygen atoms in total. The number of ether oxygens (including phenoxy) is 1. The van der Waals surface area contributed by atoms with Crippen LogP contribution in [0.3, 0.4) is 0 Å². The van der Waals surface area contributed by atoms with Gasteiger partial charge in [-0.3, -0.25) is 14.3 Å². The maximum atomic E-state index is 13.3. The molecule has 0 radical (unpaired) electrons. The number of carbonyl (C=O) groups excluding carboxylic acids is 1. The third kappa shape index (κ3) is 5.95. The highest BCUT2D eigenvalue weighted by atomic mass is 32.2. The molecule has 0 atom stereocenters. The molecule has 3 aromatic carbocycles. The molecule has 0 aliphatic carbocycles. The van der Waals surface area contributed by atoms with Gasteiger partial charge in [0.1, 0.15) is 16.5 Å². The fraction of sp³-hybridized carbons (Fsp3) is 0.0938. The first-order chi connectivity index (χ1) is 20.7. The van der Waals surface area contributed by atoms with Crippen LogP contribution in [-0.2, 0) is 5.75 Å². The highest BCUT2D eigenvalue weighted by Gasteiger charge is 2.22. The Morgan fingerprint density at radius 2 is 1.57 bits per heavy atom. The van der Waals surface area contributed by atoms with Crippen molar-refractivity contribution in [3.05, 3.63) is 137 Å². The van der Waals surface area contributed by atoms with Crippen LogP contribution < -0.4 is 10.1 Å². The number of pyridine rings is 1. The van der Waals surface area contributed by atoms with E-state index in [1.54, 1.807) is 24.9 Å². The van der Waals surface area contributed by atoms with Crippen LogP contribution in [0.4, 0.5) is 0 Å². The molecule has 0 bridgehead atoms. The molecule has 208 valence electrons. The summed E-state index contributed by atoms with van der Waals surface area (Å²) < 4.78 is 7.63. The zero-order valence-corrected chi connectivity index (χ0v) is 24.3. The van der Waals surface area contributed by atoms with Crippen LogP contribution in [0, 0.1) is 0 Å². The van der Waals surface area contributed by atoms with E-state index in [0.717, 1.165) is 27.4 Å². The largest absolute Gasteiger partial charge is 0.495 e. The number of aromatic nitrogens is 5. The maximum absolute atomic E-state index is 13.3.